The summed E-state index contributed by atoms with van der Waals surface area (Å²) in [6.07, 6.45) is 0.625. The molecule has 110 valence electrons. The Morgan fingerprint density at radius 3 is 2.65 bits per heavy atom. The van der Waals surface area contributed by atoms with E-state index >= 15 is 0 Å². The van der Waals surface area contributed by atoms with Gasteiger partial charge in [0.2, 0.25) is 11.8 Å². The predicted molar refractivity (Wildman–Crippen MR) is 78.2 cm³/mol. The maximum atomic E-state index is 12.6. The summed E-state index contributed by atoms with van der Waals surface area (Å²) in [5.74, 6) is 0.0570. The van der Waals surface area contributed by atoms with E-state index in [0.29, 0.717) is 13.0 Å². The lowest BCUT2D eigenvalue weighted by Gasteiger charge is -2.39. The molecule has 2 rings (SSSR count). The van der Waals surface area contributed by atoms with Gasteiger partial charge in [-0.1, -0.05) is 20.8 Å². The number of thiazole rings is 1. The zero-order valence-corrected chi connectivity index (χ0v) is 13.2. The molecule has 20 heavy (non-hydrogen) atoms. The molecule has 0 saturated carbocycles. The minimum absolute atomic E-state index is 0.0132. The molecule has 0 bridgehead atoms. The smallest absolute Gasteiger partial charge is 0.246 e. The van der Waals surface area contributed by atoms with Crippen molar-refractivity contribution in [2.24, 2.45) is 5.92 Å². The van der Waals surface area contributed by atoms with E-state index in [0.717, 1.165) is 10.6 Å². The number of aryl methyl sites for hydroxylation is 1. The fraction of sp³-hybridized carbons (Fsp3) is 0.643. The highest BCUT2D eigenvalue weighted by molar-refractivity contribution is 7.09. The van der Waals surface area contributed by atoms with Crippen molar-refractivity contribution in [1.29, 1.82) is 0 Å². The summed E-state index contributed by atoms with van der Waals surface area (Å²) in [5, 5.41) is 2.85. The molecule has 1 aromatic heterocycles. The highest BCUT2D eigenvalue weighted by Gasteiger charge is 2.40. The van der Waals surface area contributed by atoms with Crippen LogP contribution in [0.2, 0.25) is 0 Å². The van der Waals surface area contributed by atoms with E-state index in [1.807, 2.05) is 27.7 Å². The number of piperazine rings is 1. The maximum Gasteiger partial charge on any atom is 0.246 e. The lowest BCUT2D eigenvalue weighted by molar-refractivity contribution is -0.151. The van der Waals surface area contributed by atoms with Crippen LogP contribution in [0.3, 0.4) is 0 Å². The zero-order chi connectivity index (χ0) is 14.9. The Morgan fingerprint density at radius 1 is 1.45 bits per heavy atom. The van der Waals surface area contributed by atoms with Gasteiger partial charge in [-0.3, -0.25) is 9.59 Å². The van der Waals surface area contributed by atoms with Gasteiger partial charge >= 0.3 is 0 Å². The van der Waals surface area contributed by atoms with Crippen LogP contribution in [-0.2, 0) is 16.1 Å². The summed E-state index contributed by atoms with van der Waals surface area (Å²) < 4.78 is 0. The first-order valence-corrected chi connectivity index (χ1v) is 7.83. The van der Waals surface area contributed by atoms with E-state index < -0.39 is 6.04 Å². The molecule has 0 spiro atoms. The Hall–Kier alpha value is -1.43. The van der Waals surface area contributed by atoms with Crippen molar-refractivity contribution in [2.45, 2.75) is 52.7 Å². The Kier molecular flexibility index (Phi) is 4.42. The van der Waals surface area contributed by atoms with Crippen molar-refractivity contribution in [1.82, 2.24) is 15.2 Å². The van der Waals surface area contributed by atoms with Crippen LogP contribution in [-0.4, -0.2) is 33.8 Å². The van der Waals surface area contributed by atoms with E-state index in [-0.39, 0.29) is 23.8 Å². The Balaban J connectivity index is 2.27. The standard InChI is InChI=1S/C14H21N3O2S/c1-5-10-13(18)16-12(8(2)3)14(19)17(10)6-11-9(4)15-7-20-11/h7-8,10,12H,5-6H2,1-4H3,(H,16,18). The third-order valence-corrected chi connectivity index (χ3v) is 4.66. The third kappa shape index (κ3) is 2.70. The van der Waals surface area contributed by atoms with Crippen LogP contribution in [0.25, 0.3) is 0 Å². The molecular formula is C14H21N3O2S. The van der Waals surface area contributed by atoms with Gasteiger partial charge in [-0.05, 0) is 19.3 Å². The van der Waals surface area contributed by atoms with Gasteiger partial charge in [-0.2, -0.15) is 0 Å². The molecule has 1 saturated heterocycles. The molecule has 5 nitrogen and oxygen atoms in total. The quantitative estimate of drug-likeness (QED) is 0.920. The third-order valence-electron chi connectivity index (χ3n) is 3.74. The number of amides is 2. The Bertz CT molecular complexity index is 512. The molecule has 1 aliphatic heterocycles. The number of hydrogen-bond donors (Lipinski definition) is 1. The maximum absolute atomic E-state index is 12.6. The second-order valence-electron chi connectivity index (χ2n) is 5.48. The molecule has 1 fully saturated rings. The van der Waals surface area contributed by atoms with Crippen LogP contribution < -0.4 is 5.32 Å². The van der Waals surface area contributed by atoms with Gasteiger partial charge in [-0.15, -0.1) is 11.3 Å². The lowest BCUT2D eigenvalue weighted by atomic mass is 9.97. The molecule has 1 aliphatic rings. The Labute approximate surface area is 123 Å². The van der Waals surface area contributed by atoms with E-state index in [9.17, 15) is 9.59 Å². The van der Waals surface area contributed by atoms with Crippen molar-refractivity contribution in [3.8, 4) is 0 Å². The van der Waals surface area contributed by atoms with E-state index in [4.69, 9.17) is 0 Å². The molecule has 0 aliphatic carbocycles. The average Bonchev–Trinajstić information content (AvgIpc) is 2.79. The van der Waals surface area contributed by atoms with Crippen LogP contribution in [0.1, 0.15) is 37.8 Å². The van der Waals surface area contributed by atoms with Crippen LogP contribution in [0.15, 0.2) is 5.51 Å². The molecule has 2 atom stereocenters. The van der Waals surface area contributed by atoms with E-state index in [1.165, 1.54) is 11.3 Å². The van der Waals surface area contributed by atoms with Crippen LogP contribution in [0.4, 0.5) is 0 Å². The normalized spacial score (nSPS) is 23.4. The average molecular weight is 295 g/mol. The second-order valence-corrected chi connectivity index (χ2v) is 6.42. The number of carbonyl (C=O) groups excluding carboxylic acids is 2. The lowest BCUT2D eigenvalue weighted by Crippen LogP contribution is -2.64. The molecule has 6 heteroatoms. The van der Waals surface area contributed by atoms with E-state index in [2.05, 4.69) is 10.3 Å². The molecule has 2 heterocycles. The van der Waals surface area contributed by atoms with Crippen molar-refractivity contribution < 1.29 is 9.59 Å². The topological polar surface area (TPSA) is 62.3 Å². The van der Waals surface area contributed by atoms with Gasteiger partial charge in [0.05, 0.1) is 17.7 Å². The first-order valence-electron chi connectivity index (χ1n) is 6.95. The summed E-state index contributed by atoms with van der Waals surface area (Å²) in [4.78, 5) is 31.8. The molecule has 2 unspecified atom stereocenters. The van der Waals surface area contributed by atoms with Gasteiger partial charge in [0, 0.05) is 4.88 Å². The SMILES string of the molecule is CCC1C(=O)NC(C(C)C)C(=O)N1Cc1scnc1C. The highest BCUT2D eigenvalue weighted by atomic mass is 32.1. The van der Waals surface area contributed by atoms with Crippen LogP contribution in [0, 0.1) is 12.8 Å². The number of carbonyl (C=O) groups is 2. The van der Waals surface area contributed by atoms with Crippen molar-refractivity contribution >= 4 is 23.2 Å². The van der Waals surface area contributed by atoms with Crippen molar-refractivity contribution in [3.05, 3.63) is 16.1 Å². The summed E-state index contributed by atoms with van der Waals surface area (Å²) >= 11 is 1.53. The monoisotopic (exact) mass is 295 g/mol. The first kappa shape index (κ1) is 15.0. The highest BCUT2D eigenvalue weighted by Crippen LogP contribution is 2.23. The molecule has 1 N–H and O–H groups in total. The van der Waals surface area contributed by atoms with Gasteiger partial charge in [0.1, 0.15) is 12.1 Å². The van der Waals surface area contributed by atoms with Crippen molar-refractivity contribution in [3.63, 3.8) is 0 Å². The molecular weight excluding hydrogens is 274 g/mol. The van der Waals surface area contributed by atoms with Crippen molar-refractivity contribution in [2.75, 3.05) is 0 Å². The summed E-state index contributed by atoms with van der Waals surface area (Å²) in [5.41, 5.74) is 2.71. The summed E-state index contributed by atoms with van der Waals surface area (Å²) in [6, 6.07) is -0.794. The van der Waals surface area contributed by atoms with Gasteiger partial charge < -0.3 is 10.2 Å². The molecule has 2 amide bonds. The zero-order valence-electron chi connectivity index (χ0n) is 12.3. The second kappa shape index (κ2) is 5.91. The fourth-order valence-corrected chi connectivity index (χ4v) is 3.24. The number of nitrogens with one attached hydrogen (secondary N) is 1. The van der Waals surface area contributed by atoms with Gasteiger partial charge in [-0.25, -0.2) is 4.98 Å². The number of nitrogens with zero attached hydrogens (tertiary/aromatic N) is 2. The van der Waals surface area contributed by atoms with Crippen LogP contribution >= 0.6 is 11.3 Å². The molecule has 1 aromatic rings. The molecule has 0 radical (unpaired) electrons. The summed E-state index contributed by atoms with van der Waals surface area (Å²) in [6.45, 7) is 8.24. The van der Waals surface area contributed by atoms with Crippen LogP contribution in [0.5, 0.6) is 0 Å². The van der Waals surface area contributed by atoms with Gasteiger partial charge in [0.25, 0.3) is 0 Å². The Morgan fingerprint density at radius 2 is 2.15 bits per heavy atom. The number of hydrogen-bond acceptors (Lipinski definition) is 4. The first-order chi connectivity index (χ1) is 9.45. The molecule has 0 aromatic carbocycles. The predicted octanol–water partition coefficient (Wildman–Crippen LogP) is 1.71. The largest absolute Gasteiger partial charge is 0.342 e. The van der Waals surface area contributed by atoms with Gasteiger partial charge in [0.15, 0.2) is 0 Å². The van der Waals surface area contributed by atoms with E-state index in [1.54, 1.807) is 10.4 Å². The number of aromatic nitrogens is 1. The minimum atomic E-state index is -0.418. The minimum Gasteiger partial charge on any atom is -0.342 e. The summed E-state index contributed by atoms with van der Waals surface area (Å²) in [7, 11) is 0. The number of rotatable bonds is 4. The fourth-order valence-electron chi connectivity index (χ4n) is 2.46.